The van der Waals surface area contributed by atoms with Crippen molar-refractivity contribution in [1.29, 1.82) is 0 Å². The number of nitrogens with zero attached hydrogens (tertiary/aromatic N) is 3. The van der Waals surface area contributed by atoms with Gasteiger partial charge in [0.15, 0.2) is 5.96 Å². The van der Waals surface area contributed by atoms with Crippen LogP contribution in [-0.2, 0) is 4.79 Å². The lowest BCUT2D eigenvalue weighted by molar-refractivity contribution is -0.133. The van der Waals surface area contributed by atoms with Gasteiger partial charge < -0.3 is 20.6 Å². The number of nitrogens with one attached hydrogen (secondary N) is 2. The van der Waals surface area contributed by atoms with Gasteiger partial charge in [0.1, 0.15) is 0 Å². The van der Waals surface area contributed by atoms with E-state index in [4.69, 9.17) is 0 Å². The Kier molecular flexibility index (Phi) is 11.5. The molecule has 1 heterocycles. The van der Waals surface area contributed by atoms with Crippen LogP contribution in [-0.4, -0.2) is 85.2 Å². The van der Waals surface area contributed by atoms with E-state index in [-0.39, 0.29) is 11.9 Å². The fraction of sp³-hybridized carbons (Fsp3) is 0.905. The molecule has 1 fully saturated rings. The van der Waals surface area contributed by atoms with Crippen LogP contribution in [0.25, 0.3) is 0 Å². The van der Waals surface area contributed by atoms with Crippen LogP contribution in [0, 0.1) is 0 Å². The minimum Gasteiger partial charge on any atom is -0.388 e. The second-order valence-corrected chi connectivity index (χ2v) is 8.13. The van der Waals surface area contributed by atoms with Gasteiger partial charge in [-0.25, -0.2) is 0 Å². The summed E-state index contributed by atoms with van der Waals surface area (Å²) in [5.41, 5.74) is -0.707. The molecule has 1 saturated heterocycles. The Morgan fingerprint density at radius 2 is 1.89 bits per heavy atom. The molecule has 1 aliphatic heterocycles. The molecule has 3 N–H and O–H groups in total. The second kappa shape index (κ2) is 13.0. The molecule has 7 nitrogen and oxygen atoms in total. The number of hydrogen-bond acceptors (Lipinski definition) is 4. The molecule has 0 saturated carbocycles. The van der Waals surface area contributed by atoms with Crippen molar-refractivity contribution >= 4 is 11.9 Å². The van der Waals surface area contributed by atoms with E-state index in [2.05, 4.69) is 34.4 Å². The highest BCUT2D eigenvalue weighted by molar-refractivity contribution is 5.81. The molecule has 0 bridgehead atoms. The Morgan fingerprint density at radius 3 is 2.46 bits per heavy atom. The fourth-order valence-electron chi connectivity index (χ4n) is 3.94. The van der Waals surface area contributed by atoms with Gasteiger partial charge in [0.2, 0.25) is 5.91 Å². The molecule has 1 unspecified atom stereocenters. The van der Waals surface area contributed by atoms with Crippen molar-refractivity contribution in [1.82, 2.24) is 20.4 Å². The predicted molar refractivity (Wildman–Crippen MR) is 117 cm³/mol. The first-order valence-electron chi connectivity index (χ1n) is 11.1. The lowest BCUT2D eigenvalue weighted by Crippen LogP contribution is -2.44. The fourth-order valence-corrected chi connectivity index (χ4v) is 3.94. The van der Waals surface area contributed by atoms with Crippen LogP contribution in [0.1, 0.15) is 65.7 Å². The molecule has 0 aliphatic carbocycles. The number of carbonyl (C=O) groups is 1. The second-order valence-electron chi connectivity index (χ2n) is 8.13. The molecule has 1 rings (SSSR count). The maximum absolute atomic E-state index is 12.3. The van der Waals surface area contributed by atoms with E-state index in [1.165, 1.54) is 0 Å². The third kappa shape index (κ3) is 8.35. The van der Waals surface area contributed by atoms with Gasteiger partial charge in [-0.15, -0.1) is 0 Å². The van der Waals surface area contributed by atoms with Crippen LogP contribution >= 0.6 is 0 Å². The molecule has 0 radical (unpaired) electrons. The van der Waals surface area contributed by atoms with Gasteiger partial charge in [0.05, 0.1) is 18.2 Å². The zero-order valence-electron chi connectivity index (χ0n) is 18.8. The molecule has 28 heavy (non-hydrogen) atoms. The monoisotopic (exact) mass is 397 g/mol. The Balaban J connectivity index is 2.49. The Labute approximate surface area is 172 Å². The van der Waals surface area contributed by atoms with Crippen molar-refractivity contribution in [3.8, 4) is 0 Å². The van der Waals surface area contributed by atoms with Crippen molar-refractivity contribution < 1.29 is 9.90 Å². The normalized spacial score (nSPS) is 18.4. The molecule has 0 aromatic rings. The summed E-state index contributed by atoms with van der Waals surface area (Å²) in [4.78, 5) is 20.9. The summed E-state index contributed by atoms with van der Waals surface area (Å²) in [6.07, 6.45) is 6.48. The molecule has 1 amide bonds. The molecular weight excluding hydrogens is 354 g/mol. The van der Waals surface area contributed by atoms with Crippen LogP contribution in [0.4, 0.5) is 0 Å². The Bertz CT molecular complexity index is 475. The van der Waals surface area contributed by atoms with Crippen LogP contribution in [0.3, 0.4) is 0 Å². The first-order valence-corrected chi connectivity index (χ1v) is 11.1. The van der Waals surface area contributed by atoms with E-state index in [1.54, 1.807) is 4.90 Å². The number of guanidine groups is 1. The first-order chi connectivity index (χ1) is 13.4. The molecule has 0 aromatic heterocycles. The Hall–Kier alpha value is -1.34. The first kappa shape index (κ1) is 24.7. The predicted octanol–water partition coefficient (Wildman–Crippen LogP) is 1.82. The van der Waals surface area contributed by atoms with Crippen LogP contribution in [0.15, 0.2) is 4.99 Å². The summed E-state index contributed by atoms with van der Waals surface area (Å²) in [6, 6.07) is 0.0370. The third-order valence-electron chi connectivity index (χ3n) is 5.31. The van der Waals surface area contributed by atoms with Crippen LogP contribution in [0.2, 0.25) is 0 Å². The minimum atomic E-state index is -0.707. The van der Waals surface area contributed by atoms with E-state index in [9.17, 15) is 9.90 Å². The molecular formula is C21H43N5O2. The van der Waals surface area contributed by atoms with Crippen molar-refractivity contribution in [2.24, 2.45) is 4.99 Å². The number of aliphatic hydroxyl groups is 1. The summed E-state index contributed by atoms with van der Waals surface area (Å²) in [6.45, 7) is 10.2. The highest BCUT2D eigenvalue weighted by atomic mass is 16.3. The number of aliphatic imine (C=N–C) groups is 1. The lowest BCUT2D eigenvalue weighted by Gasteiger charge is -2.27. The van der Waals surface area contributed by atoms with Gasteiger partial charge in [-0.3, -0.25) is 14.7 Å². The molecule has 0 spiro atoms. The summed E-state index contributed by atoms with van der Waals surface area (Å²) in [5, 5.41) is 17.4. The summed E-state index contributed by atoms with van der Waals surface area (Å²) >= 11 is 0. The zero-order chi connectivity index (χ0) is 21.0. The lowest BCUT2D eigenvalue weighted by atomic mass is 9.93. The van der Waals surface area contributed by atoms with Gasteiger partial charge >= 0.3 is 0 Å². The average molecular weight is 398 g/mol. The SMILES string of the molecule is CCCC(O)(CCC)CN=C(NCC)NCCCN1CCCC1C(=O)N(C)C. The number of carbonyl (C=O) groups excluding carboxylic acids is 1. The number of rotatable bonds is 12. The molecule has 0 aromatic carbocycles. The summed E-state index contributed by atoms with van der Waals surface area (Å²) in [7, 11) is 3.66. The van der Waals surface area contributed by atoms with Crippen molar-refractivity contribution in [2.75, 3.05) is 46.8 Å². The van der Waals surface area contributed by atoms with Gasteiger partial charge in [0.25, 0.3) is 0 Å². The standard InChI is InChI=1S/C21H43N5O2/c1-6-12-21(28,13-7-2)17-24-20(22-8-3)23-14-10-16-26-15-9-11-18(26)19(27)25(4)5/h18,28H,6-17H2,1-5H3,(H2,22,23,24). The molecule has 7 heteroatoms. The summed E-state index contributed by atoms with van der Waals surface area (Å²) < 4.78 is 0. The van der Waals surface area contributed by atoms with Crippen molar-refractivity contribution in [2.45, 2.75) is 77.4 Å². The van der Waals surface area contributed by atoms with E-state index in [0.29, 0.717) is 6.54 Å². The van der Waals surface area contributed by atoms with Crippen molar-refractivity contribution in [3.05, 3.63) is 0 Å². The maximum Gasteiger partial charge on any atom is 0.239 e. The highest BCUT2D eigenvalue weighted by Crippen LogP contribution is 2.20. The number of hydrogen-bond donors (Lipinski definition) is 3. The van der Waals surface area contributed by atoms with E-state index in [0.717, 1.165) is 77.1 Å². The van der Waals surface area contributed by atoms with E-state index >= 15 is 0 Å². The van der Waals surface area contributed by atoms with Gasteiger partial charge in [-0.1, -0.05) is 26.7 Å². The Morgan fingerprint density at radius 1 is 1.21 bits per heavy atom. The van der Waals surface area contributed by atoms with Crippen molar-refractivity contribution in [3.63, 3.8) is 0 Å². The zero-order valence-corrected chi connectivity index (χ0v) is 18.8. The smallest absolute Gasteiger partial charge is 0.239 e. The topological polar surface area (TPSA) is 80.2 Å². The maximum atomic E-state index is 12.3. The van der Waals surface area contributed by atoms with Gasteiger partial charge in [0, 0.05) is 33.7 Å². The third-order valence-corrected chi connectivity index (χ3v) is 5.31. The molecule has 1 aliphatic rings. The average Bonchev–Trinajstić information content (AvgIpc) is 3.11. The molecule has 164 valence electrons. The van der Waals surface area contributed by atoms with E-state index in [1.807, 2.05) is 21.0 Å². The largest absolute Gasteiger partial charge is 0.388 e. The van der Waals surface area contributed by atoms with Gasteiger partial charge in [-0.2, -0.15) is 0 Å². The van der Waals surface area contributed by atoms with E-state index < -0.39 is 5.60 Å². The number of likely N-dealkylation sites (tertiary alicyclic amines) is 1. The molecule has 1 atom stereocenters. The quantitative estimate of drug-likeness (QED) is 0.266. The van der Waals surface area contributed by atoms with Crippen LogP contribution in [0.5, 0.6) is 0 Å². The minimum absolute atomic E-state index is 0.0370. The summed E-state index contributed by atoms with van der Waals surface area (Å²) in [5.74, 6) is 0.974. The highest BCUT2D eigenvalue weighted by Gasteiger charge is 2.31. The van der Waals surface area contributed by atoms with Crippen LogP contribution < -0.4 is 10.6 Å². The number of likely N-dealkylation sites (N-methyl/N-ethyl adjacent to an activating group) is 1. The number of amides is 1. The van der Waals surface area contributed by atoms with Gasteiger partial charge in [-0.05, 0) is 45.6 Å².